The number of allylic oxidation sites excluding steroid dienone is 24. The summed E-state index contributed by atoms with van der Waals surface area (Å²) in [5, 5.41) is 0. The van der Waals surface area contributed by atoms with Gasteiger partial charge < -0.3 is 14.2 Å². The zero-order valence-electron chi connectivity index (χ0n) is 52.5. The van der Waals surface area contributed by atoms with E-state index >= 15 is 0 Å². The van der Waals surface area contributed by atoms with Gasteiger partial charge >= 0.3 is 17.9 Å². The molecular weight excluding hydrogens is 997 g/mol. The molecule has 0 bridgehead atoms. The second kappa shape index (κ2) is 67.8. The SMILES string of the molecule is CC/C=C\C/C=C\C/C=C\C/C=C\C/C=C\C/C=C\CCCCC(=O)OC(COC(=O)CCCCCCCCC/C=C\C/C=C\C/C=C\CC)COC(=O)CCCCCCCCCCCC/C=C\C/C=C\C/C=C\CCCCCCC. The van der Waals surface area contributed by atoms with Crippen LogP contribution >= 0.6 is 0 Å². The minimum absolute atomic E-state index is 0.106. The minimum atomic E-state index is -0.816. The van der Waals surface area contributed by atoms with Crippen molar-refractivity contribution in [2.45, 2.75) is 297 Å². The van der Waals surface area contributed by atoms with E-state index < -0.39 is 6.10 Å². The van der Waals surface area contributed by atoms with Crippen molar-refractivity contribution in [3.8, 4) is 0 Å². The second-order valence-corrected chi connectivity index (χ2v) is 21.6. The standard InChI is InChI=1S/C75H122O6/c1-4-7-10-13-16-19-22-25-28-31-33-35-36-37-38-40-41-44-47-50-53-56-59-62-65-68-74(77)80-71-72(70-79-73(76)67-64-61-58-55-52-49-46-43-30-27-24-21-18-15-12-9-6-3)81-75(78)69-66-63-60-57-54-51-48-45-42-39-34-32-29-26-23-20-17-14-11-8-5-2/h8-9,11-12,17-18,20-22,25-27,29-31,33-34,36-37,39,45,48,54,57,72H,4-7,10,13-16,19,23-24,28,32,35,38,40-44,46-47,49-53,55-56,58-71H2,1-3H3/b11-8-,12-9-,20-17-,21-18-,25-22-,29-26-,30-27-,33-31-,37-36-,39-34-,48-45-,57-54-. The number of hydrogen-bond donors (Lipinski definition) is 0. The van der Waals surface area contributed by atoms with Crippen molar-refractivity contribution in [2.75, 3.05) is 13.2 Å². The number of carbonyl (C=O) groups excluding carboxylic acids is 3. The van der Waals surface area contributed by atoms with E-state index in [2.05, 4.69) is 167 Å². The fourth-order valence-corrected chi connectivity index (χ4v) is 8.88. The van der Waals surface area contributed by atoms with E-state index in [9.17, 15) is 14.4 Å². The Morgan fingerprint density at radius 2 is 0.481 bits per heavy atom. The van der Waals surface area contributed by atoms with Crippen LogP contribution in [0.15, 0.2) is 146 Å². The predicted molar refractivity (Wildman–Crippen MR) is 352 cm³/mol. The first-order valence-corrected chi connectivity index (χ1v) is 33.3. The Bertz CT molecular complexity index is 1760. The van der Waals surface area contributed by atoms with E-state index in [1.807, 2.05) is 0 Å². The molecule has 0 radical (unpaired) electrons. The van der Waals surface area contributed by atoms with Gasteiger partial charge in [0, 0.05) is 19.3 Å². The minimum Gasteiger partial charge on any atom is -0.462 e. The topological polar surface area (TPSA) is 78.9 Å². The fourth-order valence-electron chi connectivity index (χ4n) is 8.88. The Balaban J connectivity index is 4.47. The third kappa shape index (κ3) is 66.0. The molecule has 0 aliphatic heterocycles. The summed E-state index contributed by atoms with van der Waals surface area (Å²) in [6, 6.07) is 0. The number of unbranched alkanes of at least 4 members (excludes halogenated alkanes) is 24. The van der Waals surface area contributed by atoms with Gasteiger partial charge in [0.1, 0.15) is 13.2 Å². The van der Waals surface area contributed by atoms with Gasteiger partial charge in [-0.05, 0) is 141 Å². The zero-order valence-corrected chi connectivity index (χ0v) is 52.5. The van der Waals surface area contributed by atoms with Crippen LogP contribution < -0.4 is 0 Å². The molecule has 1 unspecified atom stereocenters. The lowest BCUT2D eigenvalue weighted by atomic mass is 10.1. The lowest BCUT2D eigenvalue weighted by Crippen LogP contribution is -2.30. The molecular formula is C75H122O6. The molecule has 0 aromatic carbocycles. The molecule has 0 aliphatic rings. The highest BCUT2D eigenvalue weighted by Gasteiger charge is 2.19. The van der Waals surface area contributed by atoms with E-state index in [0.29, 0.717) is 19.3 Å². The molecule has 1 atom stereocenters. The molecule has 0 N–H and O–H groups in total. The number of hydrogen-bond acceptors (Lipinski definition) is 6. The molecule has 81 heavy (non-hydrogen) atoms. The summed E-state index contributed by atoms with van der Waals surface area (Å²) in [7, 11) is 0. The third-order valence-electron chi connectivity index (χ3n) is 13.8. The number of ether oxygens (including phenoxy) is 3. The molecule has 0 saturated carbocycles. The largest absolute Gasteiger partial charge is 0.462 e. The van der Waals surface area contributed by atoms with Crippen LogP contribution in [-0.4, -0.2) is 37.2 Å². The Labute approximate surface area is 499 Å². The monoisotopic (exact) mass is 1120 g/mol. The van der Waals surface area contributed by atoms with Crippen LogP contribution in [0.1, 0.15) is 290 Å². The van der Waals surface area contributed by atoms with Gasteiger partial charge in [0.2, 0.25) is 0 Å². The molecule has 6 nitrogen and oxygen atoms in total. The first kappa shape index (κ1) is 76.3. The maximum atomic E-state index is 12.9. The van der Waals surface area contributed by atoms with Gasteiger partial charge in [0.15, 0.2) is 6.10 Å². The molecule has 0 spiro atoms. The highest BCUT2D eigenvalue weighted by Crippen LogP contribution is 2.15. The molecule has 0 saturated heterocycles. The van der Waals surface area contributed by atoms with Gasteiger partial charge in [-0.2, -0.15) is 0 Å². The van der Waals surface area contributed by atoms with Gasteiger partial charge in [-0.25, -0.2) is 0 Å². The summed E-state index contributed by atoms with van der Waals surface area (Å²) in [4.78, 5) is 38.4. The van der Waals surface area contributed by atoms with Crippen molar-refractivity contribution in [3.63, 3.8) is 0 Å². The van der Waals surface area contributed by atoms with Gasteiger partial charge in [-0.3, -0.25) is 14.4 Å². The molecule has 0 aliphatic carbocycles. The highest BCUT2D eigenvalue weighted by molar-refractivity contribution is 5.71. The average Bonchev–Trinajstić information content (AvgIpc) is 3.47. The Morgan fingerprint density at radius 3 is 0.778 bits per heavy atom. The van der Waals surface area contributed by atoms with Crippen LogP contribution in [0.3, 0.4) is 0 Å². The summed E-state index contributed by atoms with van der Waals surface area (Å²) in [6.07, 6.45) is 97.1. The number of carbonyl (C=O) groups is 3. The highest BCUT2D eigenvalue weighted by atomic mass is 16.6. The molecule has 458 valence electrons. The summed E-state index contributed by atoms with van der Waals surface area (Å²) >= 11 is 0. The van der Waals surface area contributed by atoms with Crippen molar-refractivity contribution in [2.24, 2.45) is 0 Å². The lowest BCUT2D eigenvalue weighted by molar-refractivity contribution is -0.167. The van der Waals surface area contributed by atoms with Crippen LogP contribution in [0, 0.1) is 0 Å². The normalized spacial score (nSPS) is 13.1. The fraction of sp³-hybridized carbons (Fsp3) is 0.640. The maximum Gasteiger partial charge on any atom is 0.306 e. The molecule has 0 fully saturated rings. The van der Waals surface area contributed by atoms with Crippen molar-refractivity contribution >= 4 is 17.9 Å². The van der Waals surface area contributed by atoms with Crippen molar-refractivity contribution in [1.82, 2.24) is 0 Å². The van der Waals surface area contributed by atoms with Crippen LogP contribution in [0.2, 0.25) is 0 Å². The maximum absolute atomic E-state index is 12.9. The molecule has 0 amide bonds. The molecule has 0 aromatic heterocycles. The van der Waals surface area contributed by atoms with Crippen LogP contribution in [0.4, 0.5) is 0 Å². The van der Waals surface area contributed by atoms with E-state index in [1.54, 1.807) is 0 Å². The van der Waals surface area contributed by atoms with E-state index in [4.69, 9.17) is 14.2 Å². The Morgan fingerprint density at radius 1 is 0.259 bits per heavy atom. The van der Waals surface area contributed by atoms with Crippen molar-refractivity contribution < 1.29 is 28.6 Å². The van der Waals surface area contributed by atoms with E-state index in [0.717, 1.165) is 128 Å². The molecule has 0 aromatic rings. The average molecular weight is 1120 g/mol. The number of esters is 3. The smallest absolute Gasteiger partial charge is 0.306 e. The first-order chi connectivity index (χ1) is 40.0. The van der Waals surface area contributed by atoms with Gasteiger partial charge in [-0.15, -0.1) is 0 Å². The van der Waals surface area contributed by atoms with Crippen LogP contribution in [0.5, 0.6) is 0 Å². The molecule has 0 rings (SSSR count). The predicted octanol–water partition coefficient (Wildman–Crippen LogP) is 23.1. The summed E-state index contributed by atoms with van der Waals surface area (Å²) in [5.41, 5.74) is 0. The third-order valence-corrected chi connectivity index (χ3v) is 13.8. The van der Waals surface area contributed by atoms with Crippen molar-refractivity contribution in [1.29, 1.82) is 0 Å². The summed E-state index contributed by atoms with van der Waals surface area (Å²) in [5.74, 6) is -0.961. The lowest BCUT2D eigenvalue weighted by Gasteiger charge is -2.18. The summed E-state index contributed by atoms with van der Waals surface area (Å²) in [6.45, 7) is 6.37. The van der Waals surface area contributed by atoms with E-state index in [1.165, 1.54) is 116 Å². The van der Waals surface area contributed by atoms with E-state index in [-0.39, 0.29) is 37.5 Å². The van der Waals surface area contributed by atoms with Crippen LogP contribution in [0.25, 0.3) is 0 Å². The molecule has 6 heteroatoms. The summed E-state index contributed by atoms with van der Waals surface area (Å²) < 4.78 is 16.9. The quantitative estimate of drug-likeness (QED) is 0.0261. The first-order valence-electron chi connectivity index (χ1n) is 33.3. The van der Waals surface area contributed by atoms with Crippen LogP contribution in [-0.2, 0) is 28.6 Å². The zero-order chi connectivity index (χ0) is 58.5. The van der Waals surface area contributed by atoms with Gasteiger partial charge in [0.25, 0.3) is 0 Å². The van der Waals surface area contributed by atoms with Gasteiger partial charge in [0.05, 0.1) is 0 Å². The Hall–Kier alpha value is -4.71. The molecule has 0 heterocycles. The number of rotatable bonds is 59. The Kier molecular flexibility index (Phi) is 63.9. The second-order valence-electron chi connectivity index (χ2n) is 21.6. The van der Waals surface area contributed by atoms with Gasteiger partial charge in [-0.1, -0.05) is 276 Å². The van der Waals surface area contributed by atoms with Crippen molar-refractivity contribution in [3.05, 3.63) is 146 Å².